The predicted molar refractivity (Wildman–Crippen MR) is 77.0 cm³/mol. The largest absolute Gasteiger partial charge is 0.346 e. The third-order valence-electron chi connectivity index (χ3n) is 3.78. The second kappa shape index (κ2) is 5.06. The molecule has 0 spiro atoms. The third kappa shape index (κ3) is 2.30. The molecular formula is C16H16N2O2. The van der Waals surface area contributed by atoms with Gasteiger partial charge in [-0.1, -0.05) is 36.4 Å². The fourth-order valence-electron chi connectivity index (χ4n) is 2.61. The van der Waals surface area contributed by atoms with Gasteiger partial charge in [0.15, 0.2) is 5.78 Å². The van der Waals surface area contributed by atoms with E-state index in [9.17, 15) is 9.59 Å². The first kappa shape index (κ1) is 12.8. The Morgan fingerprint density at radius 3 is 2.65 bits per heavy atom. The average Bonchev–Trinajstić information content (AvgIpc) is 2.92. The number of amides is 1. The van der Waals surface area contributed by atoms with Gasteiger partial charge in [0.2, 0.25) is 5.91 Å². The van der Waals surface area contributed by atoms with Crippen LogP contribution in [0, 0.1) is 0 Å². The fourth-order valence-corrected chi connectivity index (χ4v) is 2.61. The van der Waals surface area contributed by atoms with E-state index < -0.39 is 12.1 Å². The highest BCUT2D eigenvalue weighted by atomic mass is 16.2. The van der Waals surface area contributed by atoms with Gasteiger partial charge in [-0.25, -0.2) is 0 Å². The monoisotopic (exact) mass is 268 g/mol. The Bertz CT molecular complexity index is 681. The molecule has 20 heavy (non-hydrogen) atoms. The summed E-state index contributed by atoms with van der Waals surface area (Å²) in [5, 5.41) is 4.85. The van der Waals surface area contributed by atoms with Crippen LogP contribution < -0.4 is 11.1 Å². The molecule has 2 atom stereocenters. The molecule has 2 aromatic rings. The first-order valence-corrected chi connectivity index (χ1v) is 6.72. The number of rotatable bonds is 3. The number of fused-ring (bicyclic) bond motifs is 1. The first-order chi connectivity index (χ1) is 9.65. The van der Waals surface area contributed by atoms with Crippen LogP contribution in [0.3, 0.4) is 0 Å². The van der Waals surface area contributed by atoms with Crippen molar-refractivity contribution >= 4 is 22.5 Å². The zero-order valence-corrected chi connectivity index (χ0v) is 11.0. The van der Waals surface area contributed by atoms with Crippen molar-refractivity contribution in [1.82, 2.24) is 5.32 Å². The van der Waals surface area contributed by atoms with Gasteiger partial charge in [0.25, 0.3) is 0 Å². The topological polar surface area (TPSA) is 72.2 Å². The van der Waals surface area contributed by atoms with Crippen LogP contribution in [0.5, 0.6) is 0 Å². The maximum Gasteiger partial charge on any atom is 0.220 e. The summed E-state index contributed by atoms with van der Waals surface area (Å²) in [5.41, 5.74) is 6.84. The molecule has 0 saturated carbocycles. The molecule has 1 fully saturated rings. The van der Waals surface area contributed by atoms with Gasteiger partial charge in [-0.05, 0) is 28.8 Å². The zero-order valence-electron chi connectivity index (χ0n) is 11.0. The van der Waals surface area contributed by atoms with Gasteiger partial charge >= 0.3 is 0 Å². The molecule has 0 aliphatic carbocycles. The van der Waals surface area contributed by atoms with Crippen LogP contribution in [-0.2, 0) is 9.59 Å². The molecule has 0 bridgehead atoms. The lowest BCUT2D eigenvalue weighted by molar-refractivity contribution is -0.125. The van der Waals surface area contributed by atoms with Crippen LogP contribution in [0.25, 0.3) is 10.8 Å². The Balaban J connectivity index is 1.86. The first-order valence-electron chi connectivity index (χ1n) is 6.72. The molecule has 1 aliphatic heterocycles. The van der Waals surface area contributed by atoms with Gasteiger partial charge in [0, 0.05) is 6.42 Å². The van der Waals surface area contributed by atoms with E-state index in [0.29, 0.717) is 12.8 Å². The van der Waals surface area contributed by atoms with Gasteiger partial charge < -0.3 is 11.1 Å². The molecule has 102 valence electrons. The zero-order chi connectivity index (χ0) is 14.1. The summed E-state index contributed by atoms with van der Waals surface area (Å²) in [7, 11) is 0. The standard InChI is InChI=1S/C16H16N2O2/c17-15(16(20)13-7-8-14(19)18-13)12-6-5-10-3-1-2-4-11(10)9-12/h1-6,9,13,15H,7-8,17H2,(H,18,19). The summed E-state index contributed by atoms with van der Waals surface area (Å²) >= 11 is 0. The molecule has 1 saturated heterocycles. The molecule has 1 aliphatic rings. The molecular weight excluding hydrogens is 252 g/mol. The molecule has 2 unspecified atom stereocenters. The lowest BCUT2D eigenvalue weighted by atomic mass is 9.96. The molecule has 0 radical (unpaired) electrons. The van der Waals surface area contributed by atoms with E-state index in [-0.39, 0.29) is 11.7 Å². The highest BCUT2D eigenvalue weighted by molar-refractivity contribution is 5.96. The normalized spacial score (nSPS) is 19.9. The number of ketones is 1. The van der Waals surface area contributed by atoms with E-state index in [2.05, 4.69) is 5.32 Å². The molecule has 1 heterocycles. The number of nitrogens with one attached hydrogen (secondary N) is 1. The summed E-state index contributed by atoms with van der Waals surface area (Å²) in [5.74, 6) is -0.194. The Kier molecular flexibility index (Phi) is 3.24. The highest BCUT2D eigenvalue weighted by Gasteiger charge is 2.31. The minimum Gasteiger partial charge on any atom is -0.346 e. The number of carbonyl (C=O) groups is 2. The molecule has 1 amide bonds. The van der Waals surface area contributed by atoms with Crippen molar-refractivity contribution in [2.45, 2.75) is 24.9 Å². The van der Waals surface area contributed by atoms with E-state index in [0.717, 1.165) is 16.3 Å². The molecule has 4 heteroatoms. The van der Waals surface area contributed by atoms with Crippen molar-refractivity contribution < 1.29 is 9.59 Å². The van der Waals surface area contributed by atoms with Crippen molar-refractivity contribution in [3.05, 3.63) is 48.0 Å². The van der Waals surface area contributed by atoms with Gasteiger partial charge in [-0.15, -0.1) is 0 Å². The van der Waals surface area contributed by atoms with E-state index >= 15 is 0 Å². The quantitative estimate of drug-likeness (QED) is 0.889. The molecule has 3 N–H and O–H groups in total. The summed E-state index contributed by atoms with van der Waals surface area (Å²) in [6.07, 6.45) is 0.944. The van der Waals surface area contributed by atoms with Gasteiger partial charge in [-0.3, -0.25) is 9.59 Å². The van der Waals surface area contributed by atoms with Crippen LogP contribution >= 0.6 is 0 Å². The second-order valence-electron chi connectivity index (χ2n) is 5.15. The van der Waals surface area contributed by atoms with Crippen molar-refractivity contribution in [1.29, 1.82) is 0 Å². The van der Waals surface area contributed by atoms with Crippen molar-refractivity contribution in [2.75, 3.05) is 0 Å². The molecule has 4 nitrogen and oxygen atoms in total. The predicted octanol–water partition coefficient (Wildman–Crippen LogP) is 1.69. The summed E-state index contributed by atoms with van der Waals surface area (Å²) in [6.45, 7) is 0. The third-order valence-corrected chi connectivity index (χ3v) is 3.78. The number of hydrogen-bond acceptors (Lipinski definition) is 3. The lowest BCUT2D eigenvalue weighted by Gasteiger charge is -2.16. The smallest absolute Gasteiger partial charge is 0.220 e. The summed E-state index contributed by atoms with van der Waals surface area (Å²) < 4.78 is 0. The van der Waals surface area contributed by atoms with Crippen molar-refractivity contribution in [3.63, 3.8) is 0 Å². The minimum atomic E-state index is -0.692. The number of nitrogens with two attached hydrogens (primary N) is 1. The number of benzene rings is 2. The fraction of sp³-hybridized carbons (Fsp3) is 0.250. The average molecular weight is 268 g/mol. The SMILES string of the molecule is NC(C(=O)C1CCC(=O)N1)c1ccc2ccccc2c1. The van der Waals surface area contributed by atoms with Crippen LogP contribution in [0.4, 0.5) is 0 Å². The van der Waals surface area contributed by atoms with Gasteiger partial charge in [0.1, 0.15) is 0 Å². The Labute approximate surface area is 117 Å². The van der Waals surface area contributed by atoms with Crippen molar-refractivity contribution in [2.24, 2.45) is 5.73 Å². The second-order valence-corrected chi connectivity index (χ2v) is 5.15. The Morgan fingerprint density at radius 1 is 1.20 bits per heavy atom. The summed E-state index contributed by atoms with van der Waals surface area (Å²) in [4.78, 5) is 23.5. The minimum absolute atomic E-state index is 0.0749. The van der Waals surface area contributed by atoms with Gasteiger partial charge in [-0.2, -0.15) is 0 Å². The molecule has 3 rings (SSSR count). The van der Waals surface area contributed by atoms with E-state index in [4.69, 9.17) is 5.73 Å². The maximum absolute atomic E-state index is 12.3. The molecule has 2 aromatic carbocycles. The van der Waals surface area contributed by atoms with Gasteiger partial charge in [0.05, 0.1) is 12.1 Å². The summed E-state index contributed by atoms with van der Waals surface area (Å²) in [6, 6.07) is 12.6. The molecule has 0 aromatic heterocycles. The lowest BCUT2D eigenvalue weighted by Crippen LogP contribution is -2.39. The van der Waals surface area contributed by atoms with Crippen LogP contribution in [0.15, 0.2) is 42.5 Å². The maximum atomic E-state index is 12.3. The number of Topliss-reactive ketones (excluding diaryl/α,β-unsaturated/α-hetero) is 1. The van der Waals surface area contributed by atoms with Crippen LogP contribution in [0.2, 0.25) is 0 Å². The van der Waals surface area contributed by atoms with E-state index in [1.807, 2.05) is 42.5 Å². The Morgan fingerprint density at radius 2 is 1.95 bits per heavy atom. The van der Waals surface area contributed by atoms with E-state index in [1.165, 1.54) is 0 Å². The van der Waals surface area contributed by atoms with Crippen molar-refractivity contribution in [3.8, 4) is 0 Å². The highest BCUT2D eigenvalue weighted by Crippen LogP contribution is 2.22. The Hall–Kier alpha value is -2.20. The van der Waals surface area contributed by atoms with Crippen LogP contribution in [-0.4, -0.2) is 17.7 Å². The van der Waals surface area contributed by atoms with E-state index in [1.54, 1.807) is 0 Å². The number of hydrogen-bond donors (Lipinski definition) is 2. The van der Waals surface area contributed by atoms with Crippen LogP contribution in [0.1, 0.15) is 24.4 Å². The number of carbonyl (C=O) groups excluding carboxylic acids is 2.